The summed E-state index contributed by atoms with van der Waals surface area (Å²) in [5.41, 5.74) is 5.43. The number of hydrogen-bond donors (Lipinski definition) is 2. The van der Waals surface area contributed by atoms with E-state index in [4.69, 9.17) is 5.73 Å². The highest BCUT2D eigenvalue weighted by molar-refractivity contribution is 5.74. The van der Waals surface area contributed by atoms with Crippen molar-refractivity contribution in [1.29, 1.82) is 0 Å². The Morgan fingerprint density at radius 3 is 3.08 bits per heavy atom. The van der Waals surface area contributed by atoms with Gasteiger partial charge in [-0.2, -0.15) is 0 Å². The molecular formula is C9H17N3O. The average molecular weight is 183 g/mol. The maximum atomic E-state index is 11.3. The minimum atomic E-state index is -0.245. The second kappa shape index (κ2) is 2.87. The first-order valence-electron chi connectivity index (χ1n) is 4.99. The van der Waals surface area contributed by atoms with Crippen LogP contribution in [-0.2, 0) is 0 Å². The summed E-state index contributed by atoms with van der Waals surface area (Å²) < 4.78 is 0. The average Bonchev–Trinajstić information content (AvgIpc) is 2.35. The van der Waals surface area contributed by atoms with Crippen molar-refractivity contribution >= 4 is 6.03 Å². The van der Waals surface area contributed by atoms with E-state index >= 15 is 0 Å². The van der Waals surface area contributed by atoms with Gasteiger partial charge in [-0.3, -0.25) is 0 Å². The number of primary amides is 1. The van der Waals surface area contributed by atoms with Gasteiger partial charge in [0.2, 0.25) is 0 Å². The quantitative estimate of drug-likeness (QED) is 0.613. The van der Waals surface area contributed by atoms with Crippen LogP contribution in [0.3, 0.4) is 0 Å². The summed E-state index contributed by atoms with van der Waals surface area (Å²) in [6.07, 6.45) is 3.20. The number of amides is 2. The zero-order chi connectivity index (χ0) is 9.47. The second-order valence-electron chi connectivity index (χ2n) is 4.11. The number of piperazine rings is 1. The number of carbonyl (C=O) groups excluding carboxylic acids is 1. The van der Waals surface area contributed by atoms with Crippen LogP contribution in [0.15, 0.2) is 0 Å². The van der Waals surface area contributed by atoms with E-state index in [1.165, 1.54) is 0 Å². The lowest BCUT2D eigenvalue weighted by Gasteiger charge is -2.43. The van der Waals surface area contributed by atoms with Crippen molar-refractivity contribution in [1.82, 2.24) is 10.2 Å². The summed E-state index contributed by atoms with van der Waals surface area (Å²) >= 11 is 0. The van der Waals surface area contributed by atoms with E-state index < -0.39 is 0 Å². The summed E-state index contributed by atoms with van der Waals surface area (Å²) in [5.74, 6) is 0. The van der Waals surface area contributed by atoms with E-state index in [-0.39, 0.29) is 11.6 Å². The van der Waals surface area contributed by atoms with Crippen LogP contribution in [-0.4, -0.2) is 35.6 Å². The molecule has 2 fully saturated rings. The predicted octanol–water partition coefficient (Wildman–Crippen LogP) is 0.282. The number of rotatable bonds is 1. The van der Waals surface area contributed by atoms with Gasteiger partial charge in [0.05, 0.1) is 5.54 Å². The molecule has 0 radical (unpaired) electrons. The molecule has 2 rings (SSSR count). The van der Waals surface area contributed by atoms with Gasteiger partial charge in [0, 0.05) is 19.1 Å². The molecule has 0 aromatic heterocycles. The molecule has 74 valence electrons. The van der Waals surface area contributed by atoms with Crippen molar-refractivity contribution in [2.45, 2.75) is 37.8 Å². The third-order valence-corrected chi connectivity index (χ3v) is 3.55. The highest BCUT2D eigenvalue weighted by Gasteiger charge is 2.49. The van der Waals surface area contributed by atoms with Crippen LogP contribution >= 0.6 is 0 Å². The Labute approximate surface area is 78.5 Å². The minimum absolute atomic E-state index is 0.0226. The number of urea groups is 1. The first-order chi connectivity index (χ1) is 6.19. The molecule has 0 aromatic rings. The van der Waals surface area contributed by atoms with Gasteiger partial charge in [0.15, 0.2) is 0 Å². The third-order valence-electron chi connectivity index (χ3n) is 3.55. The highest BCUT2D eigenvalue weighted by Crippen LogP contribution is 2.38. The molecule has 0 aliphatic carbocycles. The smallest absolute Gasteiger partial charge is 0.315 e. The Balaban J connectivity index is 2.28. The molecule has 2 heterocycles. The van der Waals surface area contributed by atoms with Crippen LogP contribution in [0.25, 0.3) is 0 Å². The minimum Gasteiger partial charge on any atom is -0.351 e. The molecule has 13 heavy (non-hydrogen) atoms. The van der Waals surface area contributed by atoms with E-state index in [0.717, 1.165) is 32.4 Å². The summed E-state index contributed by atoms with van der Waals surface area (Å²) in [7, 11) is 0. The first-order valence-corrected chi connectivity index (χ1v) is 4.99. The Hall–Kier alpha value is -0.770. The molecule has 2 bridgehead atoms. The second-order valence-corrected chi connectivity index (χ2v) is 4.11. The van der Waals surface area contributed by atoms with Gasteiger partial charge in [-0.1, -0.05) is 6.92 Å². The zero-order valence-electron chi connectivity index (χ0n) is 8.05. The molecule has 0 saturated carbocycles. The molecule has 2 aliphatic rings. The van der Waals surface area contributed by atoms with Crippen molar-refractivity contribution in [3.05, 3.63) is 0 Å². The highest BCUT2D eigenvalue weighted by atomic mass is 16.2. The molecule has 2 atom stereocenters. The summed E-state index contributed by atoms with van der Waals surface area (Å²) in [5, 5.41) is 3.37. The van der Waals surface area contributed by atoms with Gasteiger partial charge < -0.3 is 16.0 Å². The number of nitrogens with zero attached hydrogens (tertiary/aromatic N) is 1. The molecular weight excluding hydrogens is 166 g/mol. The van der Waals surface area contributed by atoms with E-state index in [9.17, 15) is 4.79 Å². The van der Waals surface area contributed by atoms with Gasteiger partial charge in [-0.05, 0) is 19.3 Å². The number of nitrogens with one attached hydrogen (secondary N) is 1. The van der Waals surface area contributed by atoms with Crippen molar-refractivity contribution in [2.75, 3.05) is 13.1 Å². The Morgan fingerprint density at radius 1 is 1.77 bits per heavy atom. The normalized spacial score (nSPS) is 37.9. The Kier molecular flexibility index (Phi) is 1.95. The lowest BCUT2D eigenvalue weighted by atomic mass is 9.93. The summed E-state index contributed by atoms with van der Waals surface area (Å²) in [6, 6.07) is 0.0945. The molecule has 3 N–H and O–H groups in total. The lowest BCUT2D eigenvalue weighted by molar-refractivity contribution is 0.0977. The monoisotopic (exact) mass is 183 g/mol. The molecule has 2 unspecified atom stereocenters. The van der Waals surface area contributed by atoms with Crippen LogP contribution in [0.1, 0.15) is 26.2 Å². The van der Waals surface area contributed by atoms with Gasteiger partial charge in [0.25, 0.3) is 0 Å². The maximum Gasteiger partial charge on any atom is 0.315 e. The van der Waals surface area contributed by atoms with Crippen LogP contribution in [0.2, 0.25) is 0 Å². The van der Waals surface area contributed by atoms with Crippen LogP contribution in [0.5, 0.6) is 0 Å². The molecule has 4 nitrogen and oxygen atoms in total. The number of hydrogen-bond acceptors (Lipinski definition) is 2. The Morgan fingerprint density at radius 2 is 2.54 bits per heavy atom. The fourth-order valence-electron chi connectivity index (χ4n) is 2.80. The van der Waals surface area contributed by atoms with Crippen molar-refractivity contribution < 1.29 is 4.79 Å². The SMILES string of the molecule is CCC12CCC(CNC1)N2C(N)=O. The summed E-state index contributed by atoms with van der Waals surface area (Å²) in [6.45, 7) is 3.94. The predicted molar refractivity (Wildman–Crippen MR) is 50.3 cm³/mol. The zero-order valence-corrected chi connectivity index (χ0v) is 8.05. The maximum absolute atomic E-state index is 11.3. The van der Waals surface area contributed by atoms with Crippen molar-refractivity contribution in [3.63, 3.8) is 0 Å². The first kappa shape index (κ1) is 8.81. The van der Waals surface area contributed by atoms with E-state index in [1.54, 1.807) is 0 Å². The molecule has 0 spiro atoms. The number of carbonyl (C=O) groups is 1. The molecule has 2 amide bonds. The van der Waals surface area contributed by atoms with Crippen LogP contribution in [0, 0.1) is 0 Å². The van der Waals surface area contributed by atoms with Crippen LogP contribution in [0.4, 0.5) is 4.79 Å². The van der Waals surface area contributed by atoms with E-state index in [2.05, 4.69) is 12.2 Å². The van der Waals surface area contributed by atoms with E-state index in [1.807, 2.05) is 4.90 Å². The Bertz CT molecular complexity index is 227. The van der Waals surface area contributed by atoms with E-state index in [0.29, 0.717) is 6.04 Å². The summed E-state index contributed by atoms with van der Waals surface area (Å²) in [4.78, 5) is 13.2. The molecule has 0 aromatic carbocycles. The molecule has 2 aliphatic heterocycles. The standard InChI is InChI=1S/C9H17N3O/c1-2-9-4-3-7(5-11-6-9)12(9)8(10)13/h7,11H,2-6H2,1H3,(H2,10,13). The largest absolute Gasteiger partial charge is 0.351 e. The van der Waals surface area contributed by atoms with Gasteiger partial charge >= 0.3 is 6.03 Å². The fourth-order valence-corrected chi connectivity index (χ4v) is 2.80. The number of nitrogens with two attached hydrogens (primary N) is 1. The van der Waals surface area contributed by atoms with Crippen molar-refractivity contribution in [3.8, 4) is 0 Å². The third kappa shape index (κ3) is 1.12. The van der Waals surface area contributed by atoms with Gasteiger partial charge in [-0.25, -0.2) is 4.79 Å². The molecule has 2 saturated heterocycles. The van der Waals surface area contributed by atoms with Crippen LogP contribution < -0.4 is 11.1 Å². The topological polar surface area (TPSA) is 58.4 Å². The number of fused-ring (bicyclic) bond motifs is 2. The van der Waals surface area contributed by atoms with Crippen molar-refractivity contribution in [2.24, 2.45) is 5.73 Å². The fraction of sp³-hybridized carbons (Fsp3) is 0.889. The van der Waals surface area contributed by atoms with Gasteiger partial charge in [-0.15, -0.1) is 0 Å². The lowest BCUT2D eigenvalue weighted by Crippen LogP contribution is -2.63. The van der Waals surface area contributed by atoms with Gasteiger partial charge in [0.1, 0.15) is 0 Å². The molecule has 4 heteroatoms.